The summed E-state index contributed by atoms with van der Waals surface area (Å²) in [6.07, 6.45) is 5.19. The molecule has 10 heteroatoms. The first-order valence-corrected chi connectivity index (χ1v) is 12.5. The number of Topliss-reactive ketones (excluding diaryl/α,β-unsaturated/α-hetero) is 1. The number of carbonyl (C=O) groups excluding carboxylic acids is 1. The van der Waals surface area contributed by atoms with E-state index in [1.54, 1.807) is 28.4 Å². The first-order chi connectivity index (χ1) is 17.6. The van der Waals surface area contributed by atoms with Crippen molar-refractivity contribution in [1.82, 2.24) is 19.8 Å². The summed E-state index contributed by atoms with van der Waals surface area (Å²) in [4.78, 5) is 19.5. The molecule has 0 spiro atoms. The SMILES string of the molecule is Cc1c([C@@H](C)CC(=O)c2c[n+](C(C)(C)C)on2)ccc(-c2ncnn3cc(N4CCOCC4)cc23)c1F. The van der Waals surface area contributed by atoms with Crippen LogP contribution in [-0.4, -0.2) is 51.8 Å². The smallest absolute Gasteiger partial charge is 0.308 e. The molecule has 1 aromatic carbocycles. The average Bonchev–Trinajstić information content (AvgIpc) is 3.54. The van der Waals surface area contributed by atoms with Crippen LogP contribution in [0.5, 0.6) is 0 Å². The van der Waals surface area contributed by atoms with Crippen LogP contribution in [0, 0.1) is 12.7 Å². The number of ether oxygens (including phenoxy) is 1. The lowest BCUT2D eigenvalue weighted by atomic mass is 9.89. The maximum atomic E-state index is 15.8. The van der Waals surface area contributed by atoms with Gasteiger partial charge in [-0.25, -0.2) is 13.9 Å². The summed E-state index contributed by atoms with van der Waals surface area (Å²) in [6.45, 7) is 12.5. The minimum Gasteiger partial charge on any atom is -0.378 e. The standard InChI is InChI=1S/C27H32FN6O3/c1-17(12-24(35)22-15-34(37-31-22)27(3,4)5)20-6-7-21(25(28)18(20)2)26-23-13-19(14-33(23)30-16-29-26)32-8-10-36-11-9-32/h6-7,13-17H,8-12H2,1-5H3/q+1/t17-/m0/s1. The zero-order valence-electron chi connectivity index (χ0n) is 21.9. The number of morpholine rings is 1. The molecule has 9 nitrogen and oxygen atoms in total. The van der Waals surface area contributed by atoms with Gasteiger partial charge in [0.05, 0.1) is 30.6 Å². The van der Waals surface area contributed by atoms with Gasteiger partial charge in [0.25, 0.3) is 0 Å². The molecule has 0 amide bonds. The maximum Gasteiger partial charge on any atom is 0.308 e. The predicted molar refractivity (Wildman–Crippen MR) is 135 cm³/mol. The van der Waals surface area contributed by atoms with E-state index in [1.807, 2.05) is 46.0 Å². The highest BCUT2D eigenvalue weighted by Crippen LogP contribution is 2.34. The van der Waals surface area contributed by atoms with Crippen molar-refractivity contribution in [3.63, 3.8) is 0 Å². The Morgan fingerprint density at radius 3 is 2.70 bits per heavy atom. The second-order valence-corrected chi connectivity index (χ2v) is 10.6. The quantitative estimate of drug-likeness (QED) is 0.287. The van der Waals surface area contributed by atoms with Crippen LogP contribution in [0.3, 0.4) is 0 Å². The second kappa shape index (κ2) is 9.66. The van der Waals surface area contributed by atoms with E-state index in [9.17, 15) is 4.79 Å². The Kier molecular flexibility index (Phi) is 6.53. The van der Waals surface area contributed by atoms with E-state index in [0.717, 1.165) is 29.9 Å². The Morgan fingerprint density at radius 2 is 2.00 bits per heavy atom. The average molecular weight is 508 g/mol. The molecule has 3 aromatic heterocycles. The second-order valence-electron chi connectivity index (χ2n) is 10.6. The Morgan fingerprint density at radius 1 is 1.24 bits per heavy atom. The Hall–Kier alpha value is -3.66. The molecular formula is C27H32FN6O3+. The van der Waals surface area contributed by atoms with Crippen molar-refractivity contribution in [2.75, 3.05) is 31.2 Å². The number of anilines is 1. The monoisotopic (exact) mass is 507 g/mol. The molecule has 4 heterocycles. The van der Waals surface area contributed by atoms with Gasteiger partial charge in [-0.1, -0.05) is 22.4 Å². The van der Waals surface area contributed by atoms with Gasteiger partial charge in [-0.3, -0.25) is 4.79 Å². The fourth-order valence-electron chi connectivity index (χ4n) is 4.71. The van der Waals surface area contributed by atoms with Gasteiger partial charge in [-0.05, 0) is 56.9 Å². The fourth-order valence-corrected chi connectivity index (χ4v) is 4.71. The van der Waals surface area contributed by atoms with E-state index in [-0.39, 0.29) is 35.2 Å². The van der Waals surface area contributed by atoms with Crippen molar-refractivity contribution in [2.45, 2.75) is 52.5 Å². The molecule has 0 unspecified atom stereocenters. The highest BCUT2D eigenvalue weighted by Gasteiger charge is 2.29. The van der Waals surface area contributed by atoms with Crippen LogP contribution in [0.2, 0.25) is 0 Å². The highest BCUT2D eigenvalue weighted by molar-refractivity contribution is 5.94. The van der Waals surface area contributed by atoms with Crippen LogP contribution in [0.25, 0.3) is 16.8 Å². The molecule has 5 rings (SSSR count). The molecule has 37 heavy (non-hydrogen) atoms. The molecule has 1 saturated heterocycles. The summed E-state index contributed by atoms with van der Waals surface area (Å²) in [5.74, 6) is -0.703. The molecule has 0 bridgehead atoms. The van der Waals surface area contributed by atoms with Gasteiger partial charge in [-0.2, -0.15) is 5.10 Å². The molecule has 0 aliphatic carbocycles. The lowest BCUT2D eigenvalue weighted by molar-refractivity contribution is -0.914. The third-order valence-electron chi connectivity index (χ3n) is 6.89. The van der Waals surface area contributed by atoms with Gasteiger partial charge in [0.1, 0.15) is 23.4 Å². The van der Waals surface area contributed by atoms with Gasteiger partial charge in [0, 0.05) is 25.1 Å². The zero-order chi connectivity index (χ0) is 26.3. The molecule has 4 aromatic rings. The number of aromatic nitrogens is 5. The first-order valence-electron chi connectivity index (χ1n) is 12.5. The Balaban J connectivity index is 1.41. The van der Waals surface area contributed by atoms with Crippen molar-refractivity contribution in [3.05, 3.63) is 59.6 Å². The predicted octanol–water partition coefficient (Wildman–Crippen LogP) is 4.09. The highest BCUT2D eigenvalue weighted by atomic mass is 19.1. The zero-order valence-corrected chi connectivity index (χ0v) is 21.9. The molecule has 194 valence electrons. The van der Waals surface area contributed by atoms with Crippen LogP contribution in [0.4, 0.5) is 10.1 Å². The van der Waals surface area contributed by atoms with Crippen molar-refractivity contribution < 1.29 is 23.3 Å². The van der Waals surface area contributed by atoms with E-state index < -0.39 is 0 Å². The van der Waals surface area contributed by atoms with E-state index in [4.69, 9.17) is 9.37 Å². The summed E-state index contributed by atoms with van der Waals surface area (Å²) in [5, 5.41) is 8.26. The molecule has 0 radical (unpaired) electrons. The van der Waals surface area contributed by atoms with Crippen LogP contribution in [0.1, 0.15) is 61.6 Å². The molecule has 0 N–H and O–H groups in total. The van der Waals surface area contributed by atoms with E-state index in [2.05, 4.69) is 20.1 Å². The third-order valence-corrected chi connectivity index (χ3v) is 6.89. The lowest BCUT2D eigenvalue weighted by Crippen LogP contribution is -2.48. The summed E-state index contributed by atoms with van der Waals surface area (Å²) in [6, 6.07) is 5.62. The van der Waals surface area contributed by atoms with Gasteiger partial charge in [0.2, 0.25) is 5.78 Å². The summed E-state index contributed by atoms with van der Waals surface area (Å²) < 4.78 is 29.8. The summed E-state index contributed by atoms with van der Waals surface area (Å²) >= 11 is 0. The van der Waals surface area contributed by atoms with Crippen LogP contribution in [0.15, 0.2) is 41.5 Å². The lowest BCUT2D eigenvalue weighted by Gasteiger charge is -2.27. The van der Waals surface area contributed by atoms with Crippen LogP contribution < -0.4 is 9.64 Å². The summed E-state index contributed by atoms with van der Waals surface area (Å²) in [5.41, 5.74) is 3.89. The van der Waals surface area contributed by atoms with Gasteiger partial charge < -0.3 is 9.64 Å². The normalized spacial score (nSPS) is 15.4. The number of fused-ring (bicyclic) bond motifs is 1. The minimum atomic E-state index is -0.349. The van der Waals surface area contributed by atoms with Crippen LogP contribution in [-0.2, 0) is 10.3 Å². The number of carbonyl (C=O) groups is 1. The molecule has 1 atom stereocenters. The first kappa shape index (κ1) is 25.0. The third kappa shape index (κ3) is 4.85. The van der Waals surface area contributed by atoms with Crippen molar-refractivity contribution in [1.29, 1.82) is 0 Å². The van der Waals surface area contributed by atoms with Gasteiger partial charge >= 0.3 is 5.69 Å². The molecule has 1 aliphatic rings. The number of nitrogens with zero attached hydrogens (tertiary/aromatic N) is 6. The minimum absolute atomic E-state index is 0.149. The van der Waals surface area contributed by atoms with E-state index in [1.165, 1.54) is 6.33 Å². The number of hydrogen-bond acceptors (Lipinski definition) is 7. The van der Waals surface area contributed by atoms with Crippen molar-refractivity contribution in [2.24, 2.45) is 0 Å². The topological polar surface area (TPSA) is 89.6 Å². The maximum absolute atomic E-state index is 15.8. The van der Waals surface area contributed by atoms with Gasteiger partial charge in [-0.15, -0.1) is 0 Å². The van der Waals surface area contributed by atoms with Crippen molar-refractivity contribution in [3.8, 4) is 11.3 Å². The number of halogens is 1. The molecule has 1 aliphatic heterocycles. The van der Waals surface area contributed by atoms with E-state index >= 15 is 4.39 Å². The number of rotatable bonds is 6. The molecule has 1 fully saturated rings. The summed E-state index contributed by atoms with van der Waals surface area (Å²) in [7, 11) is 0. The van der Waals surface area contributed by atoms with Crippen molar-refractivity contribution >= 4 is 17.0 Å². The fraction of sp³-hybridized carbons (Fsp3) is 0.444. The van der Waals surface area contributed by atoms with E-state index in [0.29, 0.717) is 30.0 Å². The molecular weight excluding hydrogens is 475 g/mol. The van der Waals surface area contributed by atoms with Crippen LogP contribution >= 0.6 is 0 Å². The molecule has 0 saturated carbocycles. The Bertz CT molecular complexity index is 1450. The number of hydrogen-bond donors (Lipinski definition) is 0. The largest absolute Gasteiger partial charge is 0.378 e. The number of ketones is 1. The number of benzene rings is 1. The Labute approximate surface area is 214 Å². The van der Waals surface area contributed by atoms with Gasteiger partial charge in [0.15, 0.2) is 11.4 Å².